The number of nitrogens with zero attached hydrogens (tertiary/aromatic N) is 2. The molecule has 0 saturated heterocycles. The van der Waals surface area contributed by atoms with Gasteiger partial charge in [-0.2, -0.15) is 5.10 Å². The first-order chi connectivity index (χ1) is 9.43. The second kappa shape index (κ2) is 5.76. The van der Waals surface area contributed by atoms with Gasteiger partial charge in [0.25, 0.3) is 0 Å². The van der Waals surface area contributed by atoms with Crippen molar-refractivity contribution in [3.63, 3.8) is 0 Å². The SMILES string of the molecule is COC(=O)c1nn(-c2cc(Br)ccc2Cl)cc(C)c1=O. The largest absolute Gasteiger partial charge is 0.464 e. The molecule has 0 spiro atoms. The summed E-state index contributed by atoms with van der Waals surface area (Å²) in [7, 11) is 1.20. The maximum atomic E-state index is 11.9. The first-order valence-corrected chi connectivity index (χ1v) is 6.75. The Hall–Kier alpha value is -1.66. The van der Waals surface area contributed by atoms with Crippen molar-refractivity contribution in [3.8, 4) is 5.69 Å². The number of esters is 1. The topological polar surface area (TPSA) is 61.2 Å². The van der Waals surface area contributed by atoms with Crippen LogP contribution in [0.25, 0.3) is 5.69 Å². The maximum absolute atomic E-state index is 11.9. The fraction of sp³-hybridized carbons (Fsp3) is 0.154. The highest BCUT2D eigenvalue weighted by Crippen LogP contribution is 2.23. The van der Waals surface area contributed by atoms with Crippen molar-refractivity contribution in [3.05, 3.63) is 55.4 Å². The molecule has 0 N–H and O–H groups in total. The number of hydrogen-bond donors (Lipinski definition) is 0. The number of carbonyl (C=O) groups is 1. The molecule has 2 aromatic rings. The average Bonchev–Trinajstić information content (AvgIpc) is 2.43. The molecule has 0 saturated carbocycles. The van der Waals surface area contributed by atoms with E-state index in [1.165, 1.54) is 18.0 Å². The van der Waals surface area contributed by atoms with E-state index in [1.807, 2.05) is 0 Å². The Morgan fingerprint density at radius 3 is 2.80 bits per heavy atom. The minimum absolute atomic E-state index is 0.274. The maximum Gasteiger partial charge on any atom is 0.362 e. The van der Waals surface area contributed by atoms with Crippen LogP contribution in [-0.4, -0.2) is 22.9 Å². The van der Waals surface area contributed by atoms with Crippen molar-refractivity contribution in [2.24, 2.45) is 0 Å². The lowest BCUT2D eigenvalue weighted by atomic mass is 10.2. The van der Waals surface area contributed by atoms with Gasteiger partial charge in [-0.05, 0) is 25.1 Å². The molecule has 0 aliphatic carbocycles. The predicted molar refractivity (Wildman–Crippen MR) is 78.6 cm³/mol. The van der Waals surface area contributed by atoms with Gasteiger partial charge in [-0.3, -0.25) is 4.79 Å². The zero-order chi connectivity index (χ0) is 14.9. The van der Waals surface area contributed by atoms with E-state index in [9.17, 15) is 9.59 Å². The first-order valence-electron chi connectivity index (χ1n) is 5.58. The fourth-order valence-electron chi connectivity index (χ4n) is 1.63. The number of hydrogen-bond acceptors (Lipinski definition) is 4. The Bertz CT molecular complexity index is 743. The third-order valence-corrected chi connectivity index (χ3v) is 3.44. The summed E-state index contributed by atoms with van der Waals surface area (Å²) in [5, 5.41) is 4.44. The molecule has 0 bridgehead atoms. The third kappa shape index (κ3) is 2.76. The van der Waals surface area contributed by atoms with Gasteiger partial charge in [0.1, 0.15) is 0 Å². The zero-order valence-electron chi connectivity index (χ0n) is 10.7. The van der Waals surface area contributed by atoms with Gasteiger partial charge < -0.3 is 4.74 Å². The van der Waals surface area contributed by atoms with E-state index in [2.05, 4.69) is 25.8 Å². The van der Waals surface area contributed by atoms with Gasteiger partial charge in [-0.15, -0.1) is 0 Å². The minimum atomic E-state index is -0.779. The van der Waals surface area contributed by atoms with E-state index in [-0.39, 0.29) is 5.69 Å². The van der Waals surface area contributed by atoms with Crippen LogP contribution >= 0.6 is 27.5 Å². The molecule has 20 heavy (non-hydrogen) atoms. The van der Waals surface area contributed by atoms with Crippen LogP contribution in [0.4, 0.5) is 0 Å². The molecule has 1 aromatic carbocycles. The lowest BCUT2D eigenvalue weighted by Crippen LogP contribution is -2.24. The van der Waals surface area contributed by atoms with Gasteiger partial charge in [0.15, 0.2) is 0 Å². The van der Waals surface area contributed by atoms with Gasteiger partial charge in [-0.1, -0.05) is 27.5 Å². The van der Waals surface area contributed by atoms with E-state index in [0.717, 1.165) is 4.47 Å². The summed E-state index contributed by atoms with van der Waals surface area (Å²) in [5.41, 5.74) is 0.188. The van der Waals surface area contributed by atoms with Crippen molar-refractivity contribution in [2.75, 3.05) is 7.11 Å². The Labute approximate surface area is 128 Å². The van der Waals surface area contributed by atoms with E-state index < -0.39 is 11.4 Å². The molecule has 2 rings (SSSR count). The van der Waals surface area contributed by atoms with E-state index >= 15 is 0 Å². The quantitative estimate of drug-likeness (QED) is 0.775. The third-order valence-electron chi connectivity index (χ3n) is 2.63. The van der Waals surface area contributed by atoms with Crippen LogP contribution in [0.3, 0.4) is 0 Å². The Kier molecular flexibility index (Phi) is 4.25. The number of aromatic nitrogens is 2. The molecule has 0 aliphatic rings. The standard InChI is InChI=1S/C13H10BrClN2O3/c1-7-6-17(10-5-8(14)3-4-9(10)15)16-11(12(7)18)13(19)20-2/h3-6H,1-2H3. The smallest absolute Gasteiger partial charge is 0.362 e. The predicted octanol–water partition coefficient (Wildman–Crippen LogP) is 2.74. The first kappa shape index (κ1) is 14.7. The lowest BCUT2D eigenvalue weighted by molar-refractivity contribution is 0.0590. The van der Waals surface area contributed by atoms with Crippen LogP contribution in [0.15, 0.2) is 33.7 Å². The molecule has 7 heteroatoms. The van der Waals surface area contributed by atoms with Crippen LogP contribution in [0.2, 0.25) is 5.02 Å². The lowest BCUT2D eigenvalue weighted by Gasteiger charge is -2.10. The van der Waals surface area contributed by atoms with Crippen molar-refractivity contribution < 1.29 is 9.53 Å². The van der Waals surface area contributed by atoms with Gasteiger partial charge >= 0.3 is 5.97 Å². The van der Waals surface area contributed by atoms with E-state index in [4.69, 9.17) is 11.6 Å². The molecule has 0 fully saturated rings. The van der Waals surface area contributed by atoms with Crippen LogP contribution in [-0.2, 0) is 4.74 Å². The molecule has 1 aromatic heterocycles. The summed E-state index contributed by atoms with van der Waals surface area (Å²) in [5.74, 6) is -0.779. The number of methoxy groups -OCH3 is 1. The van der Waals surface area contributed by atoms with Gasteiger partial charge in [0.05, 0.1) is 17.8 Å². The summed E-state index contributed by atoms with van der Waals surface area (Å²) in [6, 6.07) is 5.21. The fourth-order valence-corrected chi connectivity index (χ4v) is 2.18. The Balaban J connectivity index is 2.70. The Morgan fingerprint density at radius 2 is 2.15 bits per heavy atom. The molecule has 1 heterocycles. The molecular formula is C13H10BrClN2O3. The normalized spacial score (nSPS) is 10.4. The van der Waals surface area contributed by atoms with Crippen molar-refractivity contribution in [2.45, 2.75) is 6.92 Å². The van der Waals surface area contributed by atoms with E-state index in [1.54, 1.807) is 25.1 Å². The molecule has 0 radical (unpaired) electrons. The van der Waals surface area contributed by atoms with Crippen LogP contribution in [0, 0.1) is 6.92 Å². The van der Waals surface area contributed by atoms with Crippen LogP contribution in [0.5, 0.6) is 0 Å². The molecule has 0 amide bonds. The monoisotopic (exact) mass is 356 g/mol. The molecular weight excluding hydrogens is 348 g/mol. The average molecular weight is 358 g/mol. The molecule has 0 unspecified atom stereocenters. The summed E-state index contributed by atoms with van der Waals surface area (Å²) in [6.45, 7) is 1.60. The second-order valence-corrected chi connectivity index (χ2v) is 5.34. The summed E-state index contributed by atoms with van der Waals surface area (Å²) in [4.78, 5) is 23.5. The second-order valence-electron chi connectivity index (χ2n) is 4.02. The molecule has 104 valence electrons. The minimum Gasteiger partial charge on any atom is -0.464 e. The number of rotatable bonds is 2. The summed E-state index contributed by atoms with van der Waals surface area (Å²) < 4.78 is 6.75. The van der Waals surface area contributed by atoms with Crippen LogP contribution in [0.1, 0.15) is 16.1 Å². The zero-order valence-corrected chi connectivity index (χ0v) is 13.0. The molecule has 0 aliphatic heterocycles. The van der Waals surface area contributed by atoms with Crippen molar-refractivity contribution in [1.82, 2.24) is 9.78 Å². The highest BCUT2D eigenvalue weighted by atomic mass is 79.9. The summed E-state index contributed by atoms with van der Waals surface area (Å²) >= 11 is 9.45. The number of benzene rings is 1. The van der Waals surface area contributed by atoms with Crippen molar-refractivity contribution >= 4 is 33.5 Å². The van der Waals surface area contributed by atoms with Crippen molar-refractivity contribution in [1.29, 1.82) is 0 Å². The highest BCUT2D eigenvalue weighted by Gasteiger charge is 2.17. The van der Waals surface area contributed by atoms with Gasteiger partial charge in [0.2, 0.25) is 11.1 Å². The number of carbonyl (C=O) groups excluding carboxylic acids is 1. The number of aryl methyl sites for hydroxylation is 1. The van der Waals surface area contributed by atoms with Gasteiger partial charge in [0, 0.05) is 16.2 Å². The molecule has 5 nitrogen and oxygen atoms in total. The van der Waals surface area contributed by atoms with Crippen LogP contribution < -0.4 is 5.43 Å². The molecule has 0 atom stereocenters. The highest BCUT2D eigenvalue weighted by molar-refractivity contribution is 9.10. The van der Waals surface area contributed by atoms with Gasteiger partial charge in [-0.25, -0.2) is 9.48 Å². The van der Waals surface area contributed by atoms with E-state index in [0.29, 0.717) is 16.3 Å². The number of ether oxygens (including phenoxy) is 1. The summed E-state index contributed by atoms with van der Waals surface area (Å²) in [6.07, 6.45) is 1.52. The number of halogens is 2. The Morgan fingerprint density at radius 1 is 1.45 bits per heavy atom.